The molecule has 9 nitrogen and oxygen atoms in total. The van der Waals surface area contributed by atoms with Crippen molar-refractivity contribution >= 4 is 29.0 Å². The molecular weight excluding hydrogens is 474 g/mol. The topological polar surface area (TPSA) is 127 Å². The maximum atomic E-state index is 12.9. The maximum absolute atomic E-state index is 12.9. The number of amides is 1. The van der Waals surface area contributed by atoms with Crippen molar-refractivity contribution < 1.29 is 29.0 Å². The number of hydrogen-bond donors (Lipinski definition) is 2. The summed E-state index contributed by atoms with van der Waals surface area (Å²) in [4.78, 5) is 36.5. The lowest BCUT2D eigenvalue weighted by Gasteiger charge is -2.10. The first-order valence-electron chi connectivity index (χ1n) is 11.5. The van der Waals surface area contributed by atoms with E-state index in [4.69, 9.17) is 9.47 Å². The minimum absolute atomic E-state index is 0.0350. The van der Waals surface area contributed by atoms with E-state index in [1.54, 1.807) is 68.4 Å². The molecule has 37 heavy (non-hydrogen) atoms. The number of rotatable bonds is 11. The van der Waals surface area contributed by atoms with Gasteiger partial charge in [-0.05, 0) is 44.2 Å². The van der Waals surface area contributed by atoms with Crippen LogP contribution in [-0.2, 0) is 9.53 Å². The van der Waals surface area contributed by atoms with Gasteiger partial charge in [-0.3, -0.25) is 9.59 Å². The van der Waals surface area contributed by atoms with E-state index in [1.807, 2.05) is 0 Å². The highest BCUT2D eigenvalue weighted by atomic mass is 16.5. The van der Waals surface area contributed by atoms with Gasteiger partial charge < -0.3 is 19.9 Å². The molecule has 3 rings (SSSR count). The molecule has 1 amide bonds. The van der Waals surface area contributed by atoms with E-state index >= 15 is 0 Å². The van der Waals surface area contributed by atoms with Gasteiger partial charge in [0.1, 0.15) is 18.0 Å². The third-order valence-electron chi connectivity index (χ3n) is 5.03. The number of carbonyl (C=O) groups is 3. The van der Waals surface area contributed by atoms with E-state index in [9.17, 15) is 19.5 Å². The van der Waals surface area contributed by atoms with Crippen molar-refractivity contribution in [3.8, 4) is 11.5 Å². The zero-order chi connectivity index (χ0) is 26.8. The lowest BCUT2D eigenvalue weighted by atomic mass is 10.0. The number of phenolic OH excluding ortho intramolecular Hbond substituents is 1. The fourth-order valence-electron chi connectivity index (χ4n) is 3.16. The van der Waals surface area contributed by atoms with Crippen molar-refractivity contribution in [3.05, 3.63) is 95.6 Å². The summed E-state index contributed by atoms with van der Waals surface area (Å²) in [5.74, 6) is -1.15. The van der Waals surface area contributed by atoms with Crippen molar-refractivity contribution in [3.63, 3.8) is 0 Å². The minimum atomic E-state index is -0.512. The molecule has 9 heteroatoms. The van der Waals surface area contributed by atoms with Crippen LogP contribution in [0.1, 0.15) is 40.1 Å². The Morgan fingerprint density at radius 3 is 2.32 bits per heavy atom. The Hall–Kier alpha value is -4.79. The van der Waals surface area contributed by atoms with Gasteiger partial charge >= 0.3 is 5.97 Å². The Morgan fingerprint density at radius 2 is 1.68 bits per heavy atom. The second-order valence-electron chi connectivity index (χ2n) is 7.88. The van der Waals surface area contributed by atoms with E-state index in [2.05, 4.69) is 22.1 Å². The SMILES string of the molecule is C=C(C)C(=O)OCCNC(=O)c1ccc(N=Nc2cc(C(=O)c3ccccc3)c(O)cc2OCC)cc1. The van der Waals surface area contributed by atoms with E-state index in [1.165, 1.54) is 12.1 Å². The molecule has 3 aromatic rings. The average molecular weight is 502 g/mol. The molecular formula is C28H27N3O6. The van der Waals surface area contributed by atoms with Crippen LogP contribution < -0.4 is 10.1 Å². The summed E-state index contributed by atoms with van der Waals surface area (Å²) in [6.45, 7) is 7.34. The fraction of sp³-hybridized carbons (Fsp3) is 0.179. The van der Waals surface area contributed by atoms with Gasteiger partial charge in [0, 0.05) is 22.8 Å². The van der Waals surface area contributed by atoms with Crippen LogP contribution in [0.5, 0.6) is 11.5 Å². The number of nitrogens with one attached hydrogen (secondary N) is 1. The Bertz CT molecular complexity index is 1320. The van der Waals surface area contributed by atoms with Crippen LogP contribution in [0.2, 0.25) is 0 Å². The van der Waals surface area contributed by atoms with Gasteiger partial charge in [0.2, 0.25) is 0 Å². The van der Waals surface area contributed by atoms with Crippen molar-refractivity contribution in [2.45, 2.75) is 13.8 Å². The van der Waals surface area contributed by atoms with Crippen LogP contribution in [0.3, 0.4) is 0 Å². The number of ether oxygens (including phenoxy) is 2. The molecule has 2 N–H and O–H groups in total. The second-order valence-corrected chi connectivity index (χ2v) is 7.88. The summed E-state index contributed by atoms with van der Waals surface area (Å²) in [6.07, 6.45) is 0. The number of phenols is 1. The first-order valence-corrected chi connectivity index (χ1v) is 11.5. The maximum Gasteiger partial charge on any atom is 0.333 e. The molecule has 0 spiro atoms. The second kappa shape index (κ2) is 12.8. The molecule has 0 saturated heterocycles. The summed E-state index contributed by atoms with van der Waals surface area (Å²) in [6, 6.07) is 17.7. The van der Waals surface area contributed by atoms with Crippen molar-refractivity contribution in [2.24, 2.45) is 10.2 Å². The normalized spacial score (nSPS) is 10.6. The zero-order valence-corrected chi connectivity index (χ0v) is 20.6. The highest BCUT2D eigenvalue weighted by Gasteiger charge is 2.18. The molecule has 190 valence electrons. The Morgan fingerprint density at radius 1 is 0.973 bits per heavy atom. The van der Waals surface area contributed by atoms with Crippen LogP contribution >= 0.6 is 0 Å². The van der Waals surface area contributed by atoms with Crippen LogP contribution in [-0.4, -0.2) is 42.5 Å². The number of nitrogens with zero attached hydrogens (tertiary/aromatic N) is 2. The van der Waals surface area contributed by atoms with Gasteiger partial charge in [-0.1, -0.05) is 36.9 Å². The molecule has 0 atom stereocenters. The smallest absolute Gasteiger partial charge is 0.333 e. The highest BCUT2D eigenvalue weighted by molar-refractivity contribution is 6.11. The highest BCUT2D eigenvalue weighted by Crippen LogP contribution is 2.36. The predicted octanol–water partition coefficient (Wildman–Crippen LogP) is 5.29. The van der Waals surface area contributed by atoms with Crippen molar-refractivity contribution in [2.75, 3.05) is 19.8 Å². The van der Waals surface area contributed by atoms with Crippen LogP contribution in [0.15, 0.2) is 89.1 Å². The monoisotopic (exact) mass is 501 g/mol. The fourth-order valence-corrected chi connectivity index (χ4v) is 3.16. The standard InChI is InChI=1S/C28H27N3O6/c1-4-36-25-17-24(32)22(26(33)19-8-6-5-7-9-19)16-23(25)31-30-21-12-10-20(11-13-21)27(34)29-14-15-37-28(35)18(2)3/h5-13,16-17,32H,2,4,14-15H2,1,3H3,(H,29,34). The number of ketones is 1. The van der Waals surface area contributed by atoms with E-state index in [0.29, 0.717) is 23.4 Å². The number of azo groups is 1. The van der Waals surface area contributed by atoms with E-state index in [-0.39, 0.29) is 53.2 Å². The van der Waals surface area contributed by atoms with Gasteiger partial charge in [-0.2, -0.15) is 5.11 Å². The molecule has 0 radical (unpaired) electrons. The first-order chi connectivity index (χ1) is 17.8. The van der Waals surface area contributed by atoms with Gasteiger partial charge in [0.15, 0.2) is 11.5 Å². The molecule has 0 heterocycles. The molecule has 0 aromatic heterocycles. The van der Waals surface area contributed by atoms with Crippen molar-refractivity contribution in [1.82, 2.24) is 5.32 Å². The summed E-state index contributed by atoms with van der Waals surface area (Å²) in [5.41, 5.74) is 1.90. The molecule has 0 fully saturated rings. The molecule has 0 unspecified atom stereocenters. The number of carbonyl (C=O) groups excluding carboxylic acids is 3. The first kappa shape index (κ1) is 26.8. The van der Waals surface area contributed by atoms with Gasteiger partial charge in [-0.25, -0.2) is 4.79 Å². The molecule has 0 aliphatic carbocycles. The molecule has 3 aromatic carbocycles. The van der Waals surface area contributed by atoms with Gasteiger partial charge in [0.25, 0.3) is 5.91 Å². The molecule has 0 aliphatic rings. The van der Waals surface area contributed by atoms with E-state index < -0.39 is 5.97 Å². The molecule has 0 bridgehead atoms. The lowest BCUT2D eigenvalue weighted by molar-refractivity contribution is -0.138. The van der Waals surface area contributed by atoms with Crippen LogP contribution in [0, 0.1) is 0 Å². The van der Waals surface area contributed by atoms with Crippen LogP contribution in [0.25, 0.3) is 0 Å². The number of esters is 1. The molecule has 0 saturated carbocycles. The quantitative estimate of drug-likeness (QED) is 0.121. The summed E-state index contributed by atoms with van der Waals surface area (Å²) >= 11 is 0. The lowest BCUT2D eigenvalue weighted by Crippen LogP contribution is -2.28. The summed E-state index contributed by atoms with van der Waals surface area (Å²) in [7, 11) is 0. The number of hydrogen-bond acceptors (Lipinski definition) is 8. The Labute approximate surface area is 214 Å². The molecule has 0 aliphatic heterocycles. The summed E-state index contributed by atoms with van der Waals surface area (Å²) < 4.78 is 10.5. The summed E-state index contributed by atoms with van der Waals surface area (Å²) in [5, 5.41) is 21.5. The third-order valence-corrected chi connectivity index (χ3v) is 5.03. The zero-order valence-electron chi connectivity index (χ0n) is 20.6. The largest absolute Gasteiger partial charge is 0.507 e. The average Bonchev–Trinajstić information content (AvgIpc) is 2.91. The predicted molar refractivity (Wildman–Crippen MR) is 138 cm³/mol. The van der Waals surface area contributed by atoms with Crippen molar-refractivity contribution in [1.29, 1.82) is 0 Å². The van der Waals surface area contributed by atoms with Gasteiger partial charge in [-0.15, -0.1) is 5.11 Å². The third kappa shape index (κ3) is 7.35. The minimum Gasteiger partial charge on any atom is -0.507 e. The number of benzene rings is 3. The number of aromatic hydroxyl groups is 1. The Kier molecular flexibility index (Phi) is 9.26. The Balaban J connectivity index is 1.72. The van der Waals surface area contributed by atoms with Gasteiger partial charge in [0.05, 0.1) is 24.4 Å². The van der Waals surface area contributed by atoms with Crippen LogP contribution in [0.4, 0.5) is 11.4 Å². The van der Waals surface area contributed by atoms with E-state index in [0.717, 1.165) is 0 Å².